The summed E-state index contributed by atoms with van der Waals surface area (Å²) in [4.78, 5) is 12.1. The molecule has 0 spiro atoms. The molecule has 0 atom stereocenters. The van der Waals surface area contributed by atoms with E-state index in [1.165, 1.54) is 12.1 Å². The van der Waals surface area contributed by atoms with E-state index in [1.54, 1.807) is 0 Å². The summed E-state index contributed by atoms with van der Waals surface area (Å²) in [6.07, 6.45) is 0. The van der Waals surface area contributed by atoms with Gasteiger partial charge in [-0.05, 0) is 66.2 Å². The SMILES string of the molecule is O=C(OCc1ccc(C#Cc2ccc(C#Cc3ccccc3)cc2)cc1)c1cc(O)cc(O)c1. The summed E-state index contributed by atoms with van der Waals surface area (Å²) in [5.74, 6) is 11.5. The number of ether oxygens (including phenoxy) is 1. The molecule has 0 aliphatic rings. The Bertz CT molecular complexity index is 1390. The zero-order chi connectivity index (χ0) is 23.8. The first kappa shape index (κ1) is 22.3. The lowest BCUT2D eigenvalue weighted by Crippen LogP contribution is -2.05. The van der Waals surface area contributed by atoms with Crippen molar-refractivity contribution in [1.82, 2.24) is 0 Å². The summed E-state index contributed by atoms with van der Waals surface area (Å²) in [7, 11) is 0. The fraction of sp³-hybridized carbons (Fsp3) is 0.0333. The van der Waals surface area contributed by atoms with Gasteiger partial charge in [0.15, 0.2) is 0 Å². The molecule has 0 aliphatic heterocycles. The maximum atomic E-state index is 12.1. The third kappa shape index (κ3) is 6.29. The molecule has 4 aromatic carbocycles. The van der Waals surface area contributed by atoms with E-state index in [2.05, 4.69) is 23.7 Å². The summed E-state index contributed by atoms with van der Waals surface area (Å²) in [5.41, 5.74) is 4.50. The molecule has 0 amide bonds. The van der Waals surface area contributed by atoms with Gasteiger partial charge in [-0.3, -0.25) is 0 Å². The summed E-state index contributed by atoms with van der Waals surface area (Å²) in [6.45, 7) is 0.0639. The number of esters is 1. The van der Waals surface area contributed by atoms with E-state index in [0.29, 0.717) is 0 Å². The lowest BCUT2D eigenvalue weighted by molar-refractivity contribution is 0.0472. The molecule has 0 aliphatic carbocycles. The lowest BCUT2D eigenvalue weighted by atomic mass is 10.1. The standard InChI is InChI=1S/C30H20O4/c31-28-18-27(19-29(32)20-28)30(33)34-21-26-16-14-25(15-17-26)13-12-24-10-8-23(9-11-24)7-6-22-4-2-1-3-5-22/h1-5,8-11,14-20,31-32H,21H2. The van der Waals surface area contributed by atoms with Gasteiger partial charge in [0.25, 0.3) is 0 Å². The normalized spacial score (nSPS) is 9.76. The molecule has 4 nitrogen and oxygen atoms in total. The van der Waals surface area contributed by atoms with E-state index in [9.17, 15) is 15.0 Å². The van der Waals surface area contributed by atoms with Gasteiger partial charge in [0.1, 0.15) is 18.1 Å². The van der Waals surface area contributed by atoms with Crippen molar-refractivity contribution in [2.45, 2.75) is 6.61 Å². The smallest absolute Gasteiger partial charge is 0.338 e. The van der Waals surface area contributed by atoms with Gasteiger partial charge in [0.05, 0.1) is 5.56 Å². The van der Waals surface area contributed by atoms with Crippen molar-refractivity contribution in [2.24, 2.45) is 0 Å². The van der Waals surface area contributed by atoms with E-state index in [0.717, 1.165) is 33.9 Å². The van der Waals surface area contributed by atoms with Crippen molar-refractivity contribution in [1.29, 1.82) is 0 Å². The topological polar surface area (TPSA) is 66.8 Å². The van der Waals surface area contributed by atoms with Crippen LogP contribution in [0.4, 0.5) is 0 Å². The third-order valence-corrected chi connectivity index (χ3v) is 4.82. The molecule has 0 unspecified atom stereocenters. The summed E-state index contributed by atoms with van der Waals surface area (Å²) in [5, 5.41) is 19.0. The van der Waals surface area contributed by atoms with Crippen LogP contribution in [0.1, 0.15) is 38.2 Å². The highest BCUT2D eigenvalue weighted by atomic mass is 16.5. The quantitative estimate of drug-likeness (QED) is 0.334. The van der Waals surface area contributed by atoms with Gasteiger partial charge in [-0.2, -0.15) is 0 Å². The maximum absolute atomic E-state index is 12.1. The van der Waals surface area contributed by atoms with Gasteiger partial charge in [0, 0.05) is 28.3 Å². The van der Waals surface area contributed by atoms with E-state index < -0.39 is 5.97 Å². The number of aromatic hydroxyl groups is 2. The number of phenolic OH excluding ortho intramolecular Hbond substituents is 2. The molecule has 34 heavy (non-hydrogen) atoms. The highest BCUT2D eigenvalue weighted by Crippen LogP contribution is 2.21. The molecule has 2 N–H and O–H groups in total. The second-order valence-corrected chi connectivity index (χ2v) is 7.45. The summed E-state index contributed by atoms with van der Waals surface area (Å²) >= 11 is 0. The van der Waals surface area contributed by atoms with E-state index >= 15 is 0 Å². The molecule has 4 rings (SSSR count). The number of rotatable bonds is 3. The average molecular weight is 444 g/mol. The zero-order valence-corrected chi connectivity index (χ0v) is 18.2. The molecule has 0 heterocycles. The number of phenols is 2. The van der Waals surface area contributed by atoms with E-state index in [4.69, 9.17) is 4.74 Å². The number of benzene rings is 4. The third-order valence-electron chi connectivity index (χ3n) is 4.82. The Labute approximate surface area is 198 Å². The van der Waals surface area contributed by atoms with Crippen LogP contribution in [0.5, 0.6) is 11.5 Å². The summed E-state index contributed by atoms with van der Waals surface area (Å²) < 4.78 is 5.24. The van der Waals surface area contributed by atoms with Crippen molar-refractivity contribution in [2.75, 3.05) is 0 Å². The molecule has 4 heteroatoms. The Morgan fingerprint density at radius 2 is 1.06 bits per heavy atom. The number of hydrogen-bond donors (Lipinski definition) is 2. The van der Waals surface area contributed by atoms with Crippen LogP contribution in [-0.4, -0.2) is 16.2 Å². The van der Waals surface area contributed by atoms with Crippen LogP contribution < -0.4 is 0 Å². The molecule has 0 saturated carbocycles. The van der Waals surface area contributed by atoms with Gasteiger partial charge < -0.3 is 14.9 Å². The van der Waals surface area contributed by atoms with Crippen LogP contribution in [0.25, 0.3) is 0 Å². The lowest BCUT2D eigenvalue weighted by Gasteiger charge is -2.06. The Balaban J connectivity index is 1.34. The van der Waals surface area contributed by atoms with E-state index in [-0.39, 0.29) is 23.7 Å². The average Bonchev–Trinajstić information content (AvgIpc) is 2.86. The van der Waals surface area contributed by atoms with Gasteiger partial charge in [-0.1, -0.05) is 54.0 Å². The van der Waals surface area contributed by atoms with Gasteiger partial charge in [-0.25, -0.2) is 4.79 Å². The molecule has 0 bridgehead atoms. The molecule has 0 radical (unpaired) electrons. The second kappa shape index (κ2) is 10.6. The molecular weight excluding hydrogens is 424 g/mol. The first-order valence-electron chi connectivity index (χ1n) is 10.5. The second-order valence-electron chi connectivity index (χ2n) is 7.45. The van der Waals surface area contributed by atoms with Crippen molar-refractivity contribution < 1.29 is 19.7 Å². The first-order chi connectivity index (χ1) is 16.5. The Morgan fingerprint density at radius 1 is 0.618 bits per heavy atom. The van der Waals surface area contributed by atoms with Crippen molar-refractivity contribution >= 4 is 5.97 Å². The Hall–Kier alpha value is -4.93. The minimum atomic E-state index is -0.632. The van der Waals surface area contributed by atoms with Gasteiger partial charge in [0.2, 0.25) is 0 Å². The predicted octanol–water partition coefficient (Wildman–Crippen LogP) is 5.25. The Kier molecular flexibility index (Phi) is 6.94. The van der Waals surface area contributed by atoms with Gasteiger partial charge in [-0.15, -0.1) is 0 Å². The van der Waals surface area contributed by atoms with Crippen LogP contribution in [-0.2, 0) is 11.3 Å². The predicted molar refractivity (Wildman–Crippen MR) is 130 cm³/mol. The molecular formula is C30H20O4. The fourth-order valence-electron chi connectivity index (χ4n) is 3.08. The number of carbonyl (C=O) groups is 1. The van der Waals surface area contributed by atoms with Crippen molar-refractivity contribution in [3.05, 3.63) is 130 Å². The molecule has 4 aromatic rings. The monoisotopic (exact) mass is 444 g/mol. The van der Waals surface area contributed by atoms with Crippen LogP contribution in [0.15, 0.2) is 97.1 Å². The van der Waals surface area contributed by atoms with Crippen molar-refractivity contribution in [3.63, 3.8) is 0 Å². The van der Waals surface area contributed by atoms with Crippen LogP contribution in [0.2, 0.25) is 0 Å². The molecule has 164 valence electrons. The molecule has 0 aromatic heterocycles. The number of hydrogen-bond acceptors (Lipinski definition) is 4. The van der Waals surface area contributed by atoms with Crippen LogP contribution in [0, 0.1) is 23.7 Å². The van der Waals surface area contributed by atoms with E-state index in [1.807, 2.05) is 78.9 Å². The highest BCUT2D eigenvalue weighted by molar-refractivity contribution is 5.90. The fourth-order valence-corrected chi connectivity index (χ4v) is 3.08. The van der Waals surface area contributed by atoms with Crippen LogP contribution >= 0.6 is 0 Å². The minimum Gasteiger partial charge on any atom is -0.508 e. The first-order valence-corrected chi connectivity index (χ1v) is 10.5. The maximum Gasteiger partial charge on any atom is 0.338 e. The molecule has 0 saturated heterocycles. The Morgan fingerprint density at radius 3 is 1.56 bits per heavy atom. The largest absolute Gasteiger partial charge is 0.508 e. The highest BCUT2D eigenvalue weighted by Gasteiger charge is 2.10. The van der Waals surface area contributed by atoms with Gasteiger partial charge >= 0.3 is 5.97 Å². The minimum absolute atomic E-state index is 0.0639. The van der Waals surface area contributed by atoms with Crippen LogP contribution in [0.3, 0.4) is 0 Å². The number of carbonyl (C=O) groups excluding carboxylic acids is 1. The zero-order valence-electron chi connectivity index (χ0n) is 18.2. The molecule has 0 fully saturated rings. The summed E-state index contributed by atoms with van der Waals surface area (Å²) in [6, 6.07) is 28.6. The van der Waals surface area contributed by atoms with Crippen molar-refractivity contribution in [3.8, 4) is 35.2 Å².